The molecule has 0 atom stereocenters. The van der Waals surface area contributed by atoms with Gasteiger partial charge in [0.05, 0.1) is 23.2 Å². The Bertz CT molecular complexity index is 961. The molecule has 0 bridgehead atoms. The van der Waals surface area contributed by atoms with Gasteiger partial charge in [-0.1, -0.05) is 0 Å². The van der Waals surface area contributed by atoms with Gasteiger partial charge in [0.25, 0.3) is 5.69 Å². The maximum absolute atomic E-state index is 12.5. The molecular formula is C18H18N2O8. The van der Waals surface area contributed by atoms with E-state index < -0.39 is 40.7 Å². The van der Waals surface area contributed by atoms with Crippen molar-refractivity contribution in [3.63, 3.8) is 0 Å². The van der Waals surface area contributed by atoms with E-state index in [2.05, 4.69) is 4.98 Å². The number of ether oxygens (including phenoxy) is 2. The van der Waals surface area contributed by atoms with Gasteiger partial charge in [-0.2, -0.15) is 0 Å². The second kappa shape index (κ2) is 8.33. The molecule has 2 aromatic rings. The highest BCUT2D eigenvalue weighted by Gasteiger charge is 2.24. The number of rotatable bonds is 7. The Hall–Kier alpha value is -3.69. The number of nitrogens with one attached hydrogen (secondary N) is 1. The number of phenolic OH excluding ortho intramolecular Hbond substituents is 1. The molecule has 2 rings (SSSR count). The summed E-state index contributed by atoms with van der Waals surface area (Å²) in [6.45, 7) is 4.32. The molecule has 0 aliphatic carbocycles. The van der Waals surface area contributed by atoms with Gasteiger partial charge < -0.3 is 19.6 Å². The second-order valence-corrected chi connectivity index (χ2v) is 5.84. The van der Waals surface area contributed by atoms with Crippen LogP contribution >= 0.6 is 0 Å². The van der Waals surface area contributed by atoms with E-state index in [-0.39, 0.29) is 23.4 Å². The number of nitro groups is 1. The fourth-order valence-electron chi connectivity index (χ4n) is 2.68. The molecule has 0 unspecified atom stereocenters. The Kier molecular flexibility index (Phi) is 6.14. The number of aromatic nitrogens is 1. The van der Waals surface area contributed by atoms with Crippen LogP contribution in [0.25, 0.3) is 0 Å². The predicted molar refractivity (Wildman–Crippen MR) is 95.6 cm³/mol. The average molecular weight is 390 g/mol. The normalized spacial score (nSPS) is 10.4. The summed E-state index contributed by atoms with van der Waals surface area (Å²) in [4.78, 5) is 49.2. The van der Waals surface area contributed by atoms with Crippen LogP contribution in [0.5, 0.6) is 5.75 Å². The Morgan fingerprint density at radius 2 is 1.82 bits per heavy atom. The number of benzene rings is 1. The number of non-ortho nitro benzene ring substituents is 1. The van der Waals surface area contributed by atoms with Crippen LogP contribution in [0.2, 0.25) is 0 Å². The molecule has 148 valence electrons. The third-order valence-electron chi connectivity index (χ3n) is 3.88. The van der Waals surface area contributed by atoms with Gasteiger partial charge in [0.15, 0.2) is 6.61 Å². The number of aryl methyl sites for hydroxylation is 1. The minimum atomic E-state index is -1.01. The number of aromatic hydroxyl groups is 1. The van der Waals surface area contributed by atoms with Crippen molar-refractivity contribution in [2.75, 3.05) is 13.2 Å². The summed E-state index contributed by atoms with van der Waals surface area (Å²) in [7, 11) is 0. The van der Waals surface area contributed by atoms with Gasteiger partial charge in [-0.05, 0) is 32.4 Å². The van der Waals surface area contributed by atoms with E-state index in [1.54, 1.807) is 20.8 Å². The number of esters is 2. The van der Waals surface area contributed by atoms with Crippen LogP contribution in [0.15, 0.2) is 18.2 Å². The Balaban J connectivity index is 2.16. The van der Waals surface area contributed by atoms with Crippen molar-refractivity contribution in [1.29, 1.82) is 0 Å². The van der Waals surface area contributed by atoms with Gasteiger partial charge in [0.2, 0.25) is 5.78 Å². The number of nitrogens with zero attached hydrogens (tertiary/aromatic N) is 1. The lowest BCUT2D eigenvalue weighted by Crippen LogP contribution is -2.16. The molecule has 1 aromatic carbocycles. The Morgan fingerprint density at radius 1 is 1.14 bits per heavy atom. The highest BCUT2D eigenvalue weighted by atomic mass is 16.6. The summed E-state index contributed by atoms with van der Waals surface area (Å²) >= 11 is 0. The molecule has 0 saturated carbocycles. The maximum Gasteiger partial charge on any atom is 0.355 e. The molecule has 0 radical (unpaired) electrons. The van der Waals surface area contributed by atoms with Gasteiger partial charge in [-0.3, -0.25) is 14.9 Å². The maximum atomic E-state index is 12.5. The van der Waals surface area contributed by atoms with E-state index in [4.69, 9.17) is 9.47 Å². The van der Waals surface area contributed by atoms with Crippen molar-refractivity contribution in [1.82, 2.24) is 4.98 Å². The van der Waals surface area contributed by atoms with Crippen LogP contribution in [0.1, 0.15) is 49.4 Å². The number of Topliss-reactive ketones (excluding diaryl/α,β-unsaturated/α-hetero) is 1. The molecule has 0 aliphatic heterocycles. The minimum Gasteiger partial charge on any atom is -0.508 e. The van der Waals surface area contributed by atoms with Crippen molar-refractivity contribution in [2.45, 2.75) is 20.8 Å². The van der Waals surface area contributed by atoms with Crippen LogP contribution in [-0.2, 0) is 9.47 Å². The van der Waals surface area contributed by atoms with E-state index in [1.165, 1.54) is 0 Å². The SMILES string of the molecule is CCOC(=O)c1[nH]c(C)c(C(=O)COC(=O)c2cc(O)cc([N+](=O)[O-])c2)c1C. The highest BCUT2D eigenvalue weighted by Crippen LogP contribution is 2.23. The van der Waals surface area contributed by atoms with Gasteiger partial charge in [-0.25, -0.2) is 9.59 Å². The van der Waals surface area contributed by atoms with Crippen molar-refractivity contribution in [3.05, 3.63) is 56.4 Å². The standard InChI is InChI=1S/C18H18N2O8/c1-4-27-18(24)16-9(2)15(10(3)19-16)14(22)8-28-17(23)11-5-12(20(25)26)7-13(21)6-11/h5-7,19,21H,4,8H2,1-3H3. The molecule has 0 aliphatic rings. The summed E-state index contributed by atoms with van der Waals surface area (Å²) in [5, 5.41) is 20.3. The topological polar surface area (TPSA) is 149 Å². The predicted octanol–water partition coefficient (Wildman–Crippen LogP) is 2.46. The number of hydrogen-bond donors (Lipinski definition) is 2. The highest BCUT2D eigenvalue weighted by molar-refractivity contribution is 6.04. The number of carbonyl (C=O) groups is 3. The smallest absolute Gasteiger partial charge is 0.355 e. The van der Waals surface area contributed by atoms with Gasteiger partial charge in [0.1, 0.15) is 11.4 Å². The second-order valence-electron chi connectivity index (χ2n) is 5.84. The first-order valence-electron chi connectivity index (χ1n) is 8.20. The van der Waals surface area contributed by atoms with Gasteiger partial charge in [0, 0.05) is 17.3 Å². The molecule has 10 nitrogen and oxygen atoms in total. The number of ketones is 1. The molecule has 10 heteroatoms. The molecule has 28 heavy (non-hydrogen) atoms. The molecule has 1 heterocycles. The fourth-order valence-corrected chi connectivity index (χ4v) is 2.68. The van der Waals surface area contributed by atoms with E-state index in [9.17, 15) is 29.6 Å². The first kappa shape index (κ1) is 20.6. The van der Waals surface area contributed by atoms with E-state index >= 15 is 0 Å². The third kappa shape index (κ3) is 4.34. The lowest BCUT2D eigenvalue weighted by atomic mass is 10.1. The molecule has 0 saturated heterocycles. The molecule has 2 N–H and O–H groups in total. The fraction of sp³-hybridized carbons (Fsp3) is 0.278. The number of carbonyl (C=O) groups excluding carboxylic acids is 3. The molecule has 0 spiro atoms. The van der Waals surface area contributed by atoms with Crippen molar-refractivity contribution < 1.29 is 33.9 Å². The van der Waals surface area contributed by atoms with Crippen LogP contribution in [0.3, 0.4) is 0 Å². The number of nitro benzene ring substituents is 1. The van der Waals surface area contributed by atoms with Gasteiger partial charge in [-0.15, -0.1) is 0 Å². The van der Waals surface area contributed by atoms with Crippen molar-refractivity contribution >= 4 is 23.4 Å². The summed E-state index contributed by atoms with van der Waals surface area (Å²) in [6, 6.07) is 2.80. The number of aromatic amines is 1. The Morgan fingerprint density at radius 3 is 2.43 bits per heavy atom. The molecule has 1 aromatic heterocycles. The zero-order valence-corrected chi connectivity index (χ0v) is 15.4. The number of H-pyrrole nitrogens is 1. The Labute approximate surface area is 159 Å². The first-order valence-corrected chi connectivity index (χ1v) is 8.20. The van der Waals surface area contributed by atoms with Crippen LogP contribution in [0.4, 0.5) is 5.69 Å². The van der Waals surface area contributed by atoms with Crippen molar-refractivity contribution in [3.8, 4) is 5.75 Å². The largest absolute Gasteiger partial charge is 0.508 e. The molecule has 0 amide bonds. The average Bonchev–Trinajstić information content (AvgIpc) is 2.93. The third-order valence-corrected chi connectivity index (χ3v) is 3.88. The summed E-state index contributed by atoms with van der Waals surface area (Å²) < 4.78 is 9.82. The quantitative estimate of drug-likeness (QED) is 0.317. The van der Waals surface area contributed by atoms with Gasteiger partial charge >= 0.3 is 11.9 Å². The lowest BCUT2D eigenvalue weighted by molar-refractivity contribution is -0.385. The van der Waals surface area contributed by atoms with Crippen molar-refractivity contribution in [2.24, 2.45) is 0 Å². The number of phenols is 1. The summed E-state index contributed by atoms with van der Waals surface area (Å²) in [5.41, 5.74) is 0.346. The first-order chi connectivity index (χ1) is 13.1. The van der Waals surface area contributed by atoms with Crippen LogP contribution in [0, 0.1) is 24.0 Å². The van der Waals surface area contributed by atoms with Crippen LogP contribution < -0.4 is 0 Å². The zero-order chi connectivity index (χ0) is 21.0. The number of hydrogen-bond acceptors (Lipinski definition) is 8. The van der Waals surface area contributed by atoms with E-state index in [1.807, 2.05) is 0 Å². The lowest BCUT2D eigenvalue weighted by Gasteiger charge is -2.06. The molecular weight excluding hydrogens is 372 g/mol. The van der Waals surface area contributed by atoms with E-state index in [0.29, 0.717) is 11.3 Å². The molecule has 0 fully saturated rings. The zero-order valence-electron chi connectivity index (χ0n) is 15.4. The summed E-state index contributed by atoms with van der Waals surface area (Å²) in [5.74, 6) is -2.66. The minimum absolute atomic E-state index is 0.137. The van der Waals surface area contributed by atoms with Crippen LogP contribution in [-0.4, -0.2) is 45.9 Å². The van der Waals surface area contributed by atoms with E-state index in [0.717, 1.165) is 18.2 Å². The summed E-state index contributed by atoms with van der Waals surface area (Å²) in [6.07, 6.45) is 0. The monoisotopic (exact) mass is 390 g/mol.